The van der Waals surface area contributed by atoms with E-state index < -0.39 is 5.97 Å². The standard InChI is InChI=1S/C14H14ClNO3S/c1-7-5-8(2)10(9(6-7)18-3)13-16-12(15)11(20-13)14(17)19-4/h5-6H,1-4H3. The maximum atomic E-state index is 11.6. The van der Waals surface area contributed by atoms with Gasteiger partial charge in [-0.3, -0.25) is 0 Å². The van der Waals surface area contributed by atoms with Crippen LogP contribution in [0.1, 0.15) is 20.8 Å². The first-order valence-corrected chi connectivity index (χ1v) is 7.07. The normalized spacial score (nSPS) is 10.4. The first-order chi connectivity index (χ1) is 9.47. The molecule has 106 valence electrons. The molecule has 1 aromatic carbocycles. The van der Waals surface area contributed by atoms with Crippen molar-refractivity contribution in [1.82, 2.24) is 4.98 Å². The van der Waals surface area contributed by atoms with Crippen LogP contribution in [0.3, 0.4) is 0 Å². The number of hydrogen-bond acceptors (Lipinski definition) is 5. The van der Waals surface area contributed by atoms with E-state index in [0.717, 1.165) is 16.7 Å². The summed E-state index contributed by atoms with van der Waals surface area (Å²) in [7, 11) is 2.92. The zero-order valence-electron chi connectivity index (χ0n) is 11.6. The summed E-state index contributed by atoms with van der Waals surface area (Å²) in [6.45, 7) is 3.96. The van der Waals surface area contributed by atoms with Crippen molar-refractivity contribution in [3.05, 3.63) is 33.3 Å². The number of rotatable bonds is 3. The molecule has 0 N–H and O–H groups in total. The summed E-state index contributed by atoms with van der Waals surface area (Å²) in [6.07, 6.45) is 0. The maximum Gasteiger partial charge on any atom is 0.351 e. The molecule has 1 heterocycles. The summed E-state index contributed by atoms with van der Waals surface area (Å²) in [5.74, 6) is 0.229. The Labute approximate surface area is 126 Å². The largest absolute Gasteiger partial charge is 0.496 e. The van der Waals surface area contributed by atoms with Gasteiger partial charge in [-0.15, -0.1) is 11.3 Å². The predicted molar refractivity (Wildman–Crippen MR) is 79.9 cm³/mol. The van der Waals surface area contributed by atoms with Crippen LogP contribution in [0.25, 0.3) is 10.6 Å². The van der Waals surface area contributed by atoms with E-state index in [2.05, 4.69) is 9.72 Å². The van der Waals surface area contributed by atoms with Crippen LogP contribution in [0.4, 0.5) is 0 Å². The third kappa shape index (κ3) is 2.64. The van der Waals surface area contributed by atoms with Gasteiger partial charge in [0.1, 0.15) is 10.8 Å². The third-order valence-electron chi connectivity index (χ3n) is 2.83. The van der Waals surface area contributed by atoms with Gasteiger partial charge in [0, 0.05) is 0 Å². The number of benzene rings is 1. The van der Waals surface area contributed by atoms with Crippen LogP contribution in [-0.2, 0) is 4.74 Å². The van der Waals surface area contributed by atoms with E-state index in [9.17, 15) is 4.79 Å². The number of thiazole rings is 1. The second-order valence-electron chi connectivity index (χ2n) is 4.29. The van der Waals surface area contributed by atoms with Crippen LogP contribution >= 0.6 is 22.9 Å². The number of carbonyl (C=O) groups is 1. The molecular weight excluding hydrogens is 298 g/mol. The van der Waals surface area contributed by atoms with Crippen LogP contribution in [0.5, 0.6) is 5.75 Å². The first-order valence-electron chi connectivity index (χ1n) is 5.88. The molecule has 0 aliphatic heterocycles. The van der Waals surface area contributed by atoms with Crippen molar-refractivity contribution in [1.29, 1.82) is 0 Å². The summed E-state index contributed by atoms with van der Waals surface area (Å²) >= 11 is 7.20. The smallest absolute Gasteiger partial charge is 0.351 e. The van der Waals surface area contributed by atoms with E-state index in [1.54, 1.807) is 7.11 Å². The van der Waals surface area contributed by atoms with E-state index >= 15 is 0 Å². The summed E-state index contributed by atoms with van der Waals surface area (Å²) in [5, 5.41) is 0.795. The fourth-order valence-corrected chi connectivity index (χ4v) is 3.31. The number of hydrogen-bond donors (Lipinski definition) is 0. The lowest BCUT2D eigenvalue weighted by atomic mass is 10.0. The summed E-state index contributed by atoms with van der Waals surface area (Å²) in [6, 6.07) is 3.96. The van der Waals surface area contributed by atoms with Gasteiger partial charge in [-0.25, -0.2) is 9.78 Å². The number of aryl methyl sites for hydroxylation is 2. The van der Waals surface area contributed by atoms with Crippen molar-refractivity contribution < 1.29 is 14.3 Å². The molecule has 0 amide bonds. The zero-order valence-corrected chi connectivity index (χ0v) is 13.2. The molecule has 2 rings (SSSR count). The number of ether oxygens (including phenoxy) is 2. The molecule has 4 nitrogen and oxygen atoms in total. The van der Waals surface area contributed by atoms with Crippen LogP contribution in [0.15, 0.2) is 12.1 Å². The van der Waals surface area contributed by atoms with Gasteiger partial charge in [-0.2, -0.15) is 0 Å². The molecule has 0 aliphatic rings. The monoisotopic (exact) mass is 311 g/mol. The molecule has 20 heavy (non-hydrogen) atoms. The summed E-state index contributed by atoms with van der Waals surface area (Å²) < 4.78 is 10.1. The predicted octanol–water partition coefficient (Wildman–Crippen LogP) is 3.88. The minimum atomic E-state index is -0.484. The highest BCUT2D eigenvalue weighted by Gasteiger charge is 2.21. The fourth-order valence-electron chi connectivity index (χ4n) is 1.99. The average Bonchev–Trinajstić information content (AvgIpc) is 2.78. The van der Waals surface area contributed by atoms with Gasteiger partial charge in [0.2, 0.25) is 0 Å². The van der Waals surface area contributed by atoms with Crippen LogP contribution in [0, 0.1) is 13.8 Å². The van der Waals surface area contributed by atoms with E-state index in [4.69, 9.17) is 16.3 Å². The highest BCUT2D eigenvalue weighted by Crippen LogP contribution is 2.39. The summed E-state index contributed by atoms with van der Waals surface area (Å²) in [4.78, 5) is 16.2. The fraction of sp³-hybridized carbons (Fsp3) is 0.286. The first kappa shape index (κ1) is 14.8. The lowest BCUT2D eigenvalue weighted by molar-refractivity contribution is 0.0606. The van der Waals surface area contributed by atoms with Gasteiger partial charge in [-0.05, 0) is 31.0 Å². The van der Waals surface area contributed by atoms with Gasteiger partial charge in [0.05, 0.1) is 19.8 Å². The molecule has 0 atom stereocenters. The SMILES string of the molecule is COC(=O)c1sc(-c2c(C)cc(C)cc2OC)nc1Cl. The van der Waals surface area contributed by atoms with Crippen molar-refractivity contribution >= 4 is 28.9 Å². The van der Waals surface area contributed by atoms with Gasteiger partial charge in [0.15, 0.2) is 10.0 Å². The van der Waals surface area contributed by atoms with Crippen LogP contribution < -0.4 is 4.74 Å². The Kier molecular flexibility index (Phi) is 4.30. The van der Waals surface area contributed by atoms with Crippen molar-refractivity contribution in [2.75, 3.05) is 14.2 Å². The third-order valence-corrected chi connectivity index (χ3v) is 4.27. The Morgan fingerprint density at radius 2 is 2.00 bits per heavy atom. The maximum absolute atomic E-state index is 11.6. The number of aromatic nitrogens is 1. The average molecular weight is 312 g/mol. The van der Waals surface area contributed by atoms with Crippen LogP contribution in [0.2, 0.25) is 5.15 Å². The topological polar surface area (TPSA) is 48.4 Å². The number of methoxy groups -OCH3 is 2. The highest BCUT2D eigenvalue weighted by atomic mass is 35.5. The molecule has 0 saturated carbocycles. The highest BCUT2D eigenvalue weighted by molar-refractivity contribution is 7.17. The van der Waals surface area contributed by atoms with Gasteiger partial charge in [-0.1, -0.05) is 17.7 Å². The number of nitrogens with zero attached hydrogens (tertiary/aromatic N) is 1. The van der Waals surface area contributed by atoms with E-state index in [0.29, 0.717) is 15.6 Å². The van der Waals surface area contributed by atoms with Gasteiger partial charge < -0.3 is 9.47 Å². The zero-order chi connectivity index (χ0) is 14.9. The minimum Gasteiger partial charge on any atom is -0.496 e. The van der Waals surface area contributed by atoms with Gasteiger partial charge >= 0.3 is 5.97 Å². The van der Waals surface area contributed by atoms with Crippen molar-refractivity contribution in [3.8, 4) is 16.3 Å². The molecule has 1 aromatic heterocycles. The summed E-state index contributed by atoms with van der Waals surface area (Å²) in [5.41, 5.74) is 2.96. The molecular formula is C14H14ClNO3S. The van der Waals surface area contributed by atoms with Crippen molar-refractivity contribution in [2.24, 2.45) is 0 Å². The second kappa shape index (κ2) is 5.81. The van der Waals surface area contributed by atoms with Crippen molar-refractivity contribution in [3.63, 3.8) is 0 Å². The van der Waals surface area contributed by atoms with Gasteiger partial charge in [0.25, 0.3) is 0 Å². The lowest BCUT2D eigenvalue weighted by Gasteiger charge is -2.10. The Hall–Kier alpha value is -1.59. The number of carbonyl (C=O) groups excluding carboxylic acids is 1. The second-order valence-corrected chi connectivity index (χ2v) is 5.65. The molecule has 6 heteroatoms. The molecule has 0 spiro atoms. The quantitative estimate of drug-likeness (QED) is 0.807. The molecule has 0 bridgehead atoms. The molecule has 0 fully saturated rings. The Bertz CT molecular complexity index is 667. The number of esters is 1. The molecule has 0 saturated heterocycles. The molecule has 0 aliphatic carbocycles. The lowest BCUT2D eigenvalue weighted by Crippen LogP contribution is -1.98. The Morgan fingerprint density at radius 1 is 1.30 bits per heavy atom. The minimum absolute atomic E-state index is 0.152. The van der Waals surface area contributed by atoms with Crippen molar-refractivity contribution in [2.45, 2.75) is 13.8 Å². The van der Waals surface area contributed by atoms with E-state index in [-0.39, 0.29) is 5.15 Å². The number of halogens is 1. The molecule has 0 unspecified atom stereocenters. The Morgan fingerprint density at radius 3 is 2.60 bits per heavy atom. The van der Waals surface area contributed by atoms with E-state index in [1.807, 2.05) is 26.0 Å². The van der Waals surface area contributed by atoms with Crippen LogP contribution in [-0.4, -0.2) is 25.2 Å². The van der Waals surface area contributed by atoms with E-state index in [1.165, 1.54) is 18.4 Å². The molecule has 0 radical (unpaired) electrons. The molecule has 2 aromatic rings. The Balaban J connectivity index is 2.60.